The van der Waals surface area contributed by atoms with Gasteiger partial charge in [-0.3, -0.25) is 9.59 Å². The van der Waals surface area contributed by atoms with Gasteiger partial charge in [-0.2, -0.15) is 0 Å². The molecular formula is C22H18ClN3O4. The molecule has 0 saturated heterocycles. The van der Waals surface area contributed by atoms with E-state index in [0.29, 0.717) is 39.1 Å². The van der Waals surface area contributed by atoms with E-state index in [1.54, 1.807) is 49.4 Å². The molecule has 4 aromatic rings. The van der Waals surface area contributed by atoms with E-state index in [2.05, 4.69) is 10.3 Å². The number of carbonyl (C=O) groups excluding carboxylic acids is 1. The molecule has 0 fully saturated rings. The van der Waals surface area contributed by atoms with E-state index >= 15 is 0 Å². The summed E-state index contributed by atoms with van der Waals surface area (Å²) >= 11 is 5.86. The fraction of sp³-hybridized carbons (Fsp3) is 0.136. The van der Waals surface area contributed by atoms with Crippen molar-refractivity contribution in [2.45, 2.75) is 20.5 Å². The normalized spacial score (nSPS) is 10.9. The van der Waals surface area contributed by atoms with Crippen LogP contribution >= 0.6 is 11.6 Å². The summed E-state index contributed by atoms with van der Waals surface area (Å²) in [6.07, 6.45) is 0. The number of nitrogens with zero attached hydrogens (tertiary/aromatic N) is 2. The highest BCUT2D eigenvalue weighted by molar-refractivity contribution is 6.30. The van der Waals surface area contributed by atoms with Crippen LogP contribution in [0, 0.1) is 13.8 Å². The zero-order valence-corrected chi connectivity index (χ0v) is 17.1. The number of carbonyl (C=O) groups is 1. The minimum absolute atomic E-state index is 0.103. The molecule has 1 N–H and O–H groups in total. The van der Waals surface area contributed by atoms with Crippen molar-refractivity contribution >= 4 is 28.8 Å². The summed E-state index contributed by atoms with van der Waals surface area (Å²) in [4.78, 5) is 28.9. The van der Waals surface area contributed by atoms with Crippen LogP contribution in [-0.4, -0.2) is 15.5 Å². The van der Waals surface area contributed by atoms with E-state index in [9.17, 15) is 9.59 Å². The number of hydrogen-bond donors (Lipinski definition) is 1. The van der Waals surface area contributed by atoms with Crippen molar-refractivity contribution in [3.05, 3.63) is 92.6 Å². The standard InChI is InChI=1S/C22H18ClN3O4/c1-13-3-8-17(25-22(28)15-4-6-16(23)7-5-15)10-19(13)29-12-18-11-21(27)26-20(24-18)9-14(2)30-26/h3-11H,12H2,1-2H3,(H,25,28). The Kier molecular flexibility index (Phi) is 5.29. The summed E-state index contributed by atoms with van der Waals surface area (Å²) in [6.45, 7) is 3.74. The number of aryl methyl sites for hydroxylation is 2. The Hall–Kier alpha value is -3.58. The first-order valence-corrected chi connectivity index (χ1v) is 9.57. The summed E-state index contributed by atoms with van der Waals surface area (Å²) in [5, 5.41) is 3.40. The minimum atomic E-state index is -0.313. The number of halogens is 1. The Bertz CT molecular complexity index is 1290. The molecule has 2 aromatic carbocycles. The van der Waals surface area contributed by atoms with Crippen molar-refractivity contribution in [3.8, 4) is 5.75 Å². The van der Waals surface area contributed by atoms with Gasteiger partial charge in [0, 0.05) is 34.5 Å². The maximum absolute atomic E-state index is 12.4. The maximum atomic E-state index is 12.4. The van der Waals surface area contributed by atoms with Gasteiger partial charge < -0.3 is 14.6 Å². The summed E-state index contributed by atoms with van der Waals surface area (Å²) in [7, 11) is 0. The van der Waals surface area contributed by atoms with E-state index < -0.39 is 0 Å². The zero-order valence-electron chi connectivity index (χ0n) is 16.3. The van der Waals surface area contributed by atoms with Crippen molar-refractivity contribution in [2.24, 2.45) is 0 Å². The van der Waals surface area contributed by atoms with Crippen molar-refractivity contribution in [3.63, 3.8) is 0 Å². The van der Waals surface area contributed by atoms with E-state index in [1.165, 1.54) is 6.07 Å². The van der Waals surface area contributed by atoms with Crippen molar-refractivity contribution in [1.82, 2.24) is 9.56 Å². The summed E-state index contributed by atoms with van der Waals surface area (Å²) < 4.78 is 12.3. The van der Waals surface area contributed by atoms with Gasteiger partial charge in [-0.05, 0) is 49.7 Å². The van der Waals surface area contributed by atoms with Crippen LogP contribution in [0.3, 0.4) is 0 Å². The lowest BCUT2D eigenvalue weighted by Crippen LogP contribution is -2.14. The Morgan fingerprint density at radius 1 is 1.13 bits per heavy atom. The van der Waals surface area contributed by atoms with Gasteiger partial charge in [-0.15, -0.1) is 4.57 Å². The number of rotatable bonds is 5. The predicted octanol–water partition coefficient (Wildman–Crippen LogP) is 4.39. The highest BCUT2D eigenvalue weighted by atomic mass is 35.5. The minimum Gasteiger partial charge on any atom is -0.487 e. The van der Waals surface area contributed by atoms with Crippen LogP contribution in [0.5, 0.6) is 5.75 Å². The molecule has 30 heavy (non-hydrogen) atoms. The van der Waals surface area contributed by atoms with Gasteiger partial charge in [-0.25, -0.2) is 4.98 Å². The second-order valence-electron chi connectivity index (χ2n) is 6.81. The van der Waals surface area contributed by atoms with E-state index in [0.717, 1.165) is 10.1 Å². The Morgan fingerprint density at radius 3 is 2.67 bits per heavy atom. The van der Waals surface area contributed by atoms with E-state index in [4.69, 9.17) is 20.9 Å². The van der Waals surface area contributed by atoms with Crippen LogP contribution in [0.4, 0.5) is 5.69 Å². The molecule has 152 valence electrons. The fourth-order valence-electron chi connectivity index (χ4n) is 2.94. The summed E-state index contributed by atoms with van der Waals surface area (Å²) in [6, 6.07) is 15.1. The monoisotopic (exact) mass is 423 g/mol. The second-order valence-corrected chi connectivity index (χ2v) is 7.25. The van der Waals surface area contributed by atoms with Crippen LogP contribution in [-0.2, 0) is 6.61 Å². The van der Waals surface area contributed by atoms with Gasteiger partial charge in [0.1, 0.15) is 18.1 Å². The molecule has 0 aliphatic carbocycles. The number of aromatic nitrogens is 2. The molecule has 0 aliphatic rings. The van der Waals surface area contributed by atoms with E-state index in [1.807, 2.05) is 13.0 Å². The molecule has 0 spiro atoms. The van der Waals surface area contributed by atoms with Crippen LogP contribution in [0.1, 0.15) is 27.4 Å². The summed E-state index contributed by atoms with van der Waals surface area (Å²) in [5.74, 6) is 0.920. The largest absolute Gasteiger partial charge is 0.487 e. The van der Waals surface area contributed by atoms with Crippen LogP contribution in [0.15, 0.2) is 63.9 Å². The average Bonchev–Trinajstić information content (AvgIpc) is 3.09. The molecule has 0 radical (unpaired) electrons. The first-order chi connectivity index (χ1) is 14.4. The average molecular weight is 424 g/mol. The molecule has 0 saturated carbocycles. The molecule has 2 aromatic heterocycles. The number of hydrogen-bond acceptors (Lipinski definition) is 5. The number of amides is 1. The van der Waals surface area contributed by atoms with Crippen LogP contribution < -0.4 is 15.6 Å². The lowest BCUT2D eigenvalue weighted by Gasteiger charge is -2.12. The quantitative estimate of drug-likeness (QED) is 0.514. The number of fused-ring (bicyclic) bond motifs is 1. The van der Waals surface area contributed by atoms with Gasteiger partial charge >= 0.3 is 0 Å². The van der Waals surface area contributed by atoms with Gasteiger partial charge in [0.2, 0.25) is 0 Å². The third-order valence-electron chi connectivity index (χ3n) is 4.45. The van der Waals surface area contributed by atoms with Gasteiger partial charge in [0.15, 0.2) is 5.65 Å². The number of ether oxygens (including phenoxy) is 1. The molecular weight excluding hydrogens is 406 g/mol. The fourth-order valence-corrected chi connectivity index (χ4v) is 3.06. The molecule has 4 rings (SSSR count). The highest BCUT2D eigenvalue weighted by Crippen LogP contribution is 2.24. The smallest absolute Gasteiger partial charge is 0.287 e. The van der Waals surface area contributed by atoms with Crippen LogP contribution in [0.25, 0.3) is 5.65 Å². The van der Waals surface area contributed by atoms with Gasteiger partial charge in [-0.1, -0.05) is 17.7 Å². The second kappa shape index (κ2) is 8.04. The SMILES string of the molecule is Cc1cc2nc(COc3cc(NC(=O)c4ccc(Cl)cc4)ccc3C)cc(=O)n2o1. The predicted molar refractivity (Wildman–Crippen MR) is 113 cm³/mol. The van der Waals surface area contributed by atoms with Gasteiger partial charge in [0.05, 0.1) is 5.69 Å². The highest BCUT2D eigenvalue weighted by Gasteiger charge is 2.10. The lowest BCUT2D eigenvalue weighted by molar-refractivity contribution is 0.102. The molecule has 2 heterocycles. The lowest BCUT2D eigenvalue weighted by atomic mass is 10.1. The molecule has 0 aliphatic heterocycles. The Balaban J connectivity index is 1.50. The van der Waals surface area contributed by atoms with Crippen molar-refractivity contribution in [1.29, 1.82) is 0 Å². The topological polar surface area (TPSA) is 85.8 Å². The molecule has 7 nitrogen and oxygen atoms in total. The van der Waals surface area contributed by atoms with Crippen molar-refractivity contribution in [2.75, 3.05) is 5.32 Å². The Labute approximate surface area is 176 Å². The third-order valence-corrected chi connectivity index (χ3v) is 4.70. The van der Waals surface area contributed by atoms with Crippen molar-refractivity contribution < 1.29 is 14.1 Å². The Morgan fingerprint density at radius 2 is 1.90 bits per heavy atom. The van der Waals surface area contributed by atoms with Crippen LogP contribution in [0.2, 0.25) is 5.02 Å². The first kappa shape index (κ1) is 19.7. The number of anilines is 1. The third kappa shape index (κ3) is 4.21. The molecule has 0 atom stereocenters. The summed E-state index contributed by atoms with van der Waals surface area (Å²) in [5.41, 5.74) is 2.57. The molecule has 0 bridgehead atoms. The molecule has 8 heteroatoms. The number of benzene rings is 2. The zero-order chi connectivity index (χ0) is 21.3. The van der Waals surface area contributed by atoms with Gasteiger partial charge in [0.25, 0.3) is 11.5 Å². The molecule has 0 unspecified atom stereocenters. The van der Waals surface area contributed by atoms with E-state index in [-0.39, 0.29) is 18.1 Å². The maximum Gasteiger partial charge on any atom is 0.287 e. The number of nitrogens with one attached hydrogen (secondary N) is 1. The first-order valence-electron chi connectivity index (χ1n) is 9.19. The molecule has 1 amide bonds.